The summed E-state index contributed by atoms with van der Waals surface area (Å²) in [7, 11) is 0. The topological polar surface area (TPSA) is 81.7 Å². The van der Waals surface area contributed by atoms with Crippen molar-refractivity contribution in [2.45, 2.75) is 13.5 Å². The van der Waals surface area contributed by atoms with Crippen LogP contribution in [-0.4, -0.2) is 19.4 Å². The molecule has 0 bridgehead atoms. The molecule has 2 heterocycles. The van der Waals surface area contributed by atoms with Gasteiger partial charge in [0, 0.05) is 17.7 Å². The second kappa shape index (κ2) is 3.72. The average Bonchev–Trinajstić information content (AvgIpc) is 2.76. The highest BCUT2D eigenvalue weighted by Gasteiger charge is 2.07. The van der Waals surface area contributed by atoms with E-state index in [1.807, 2.05) is 13.1 Å². The van der Waals surface area contributed by atoms with Gasteiger partial charge in [0.05, 0.1) is 12.7 Å². The van der Waals surface area contributed by atoms with Crippen molar-refractivity contribution in [2.75, 3.05) is 5.43 Å². The van der Waals surface area contributed by atoms with E-state index in [4.69, 9.17) is 5.84 Å². The van der Waals surface area contributed by atoms with Crippen molar-refractivity contribution in [3.63, 3.8) is 0 Å². The minimum Gasteiger partial charge on any atom is -0.313 e. The minimum absolute atomic E-state index is 0.587. The lowest BCUT2D eigenvalue weighted by atomic mass is 10.4. The first-order chi connectivity index (χ1) is 6.79. The van der Waals surface area contributed by atoms with Gasteiger partial charge in [-0.25, -0.2) is 5.84 Å². The molecule has 0 aliphatic rings. The summed E-state index contributed by atoms with van der Waals surface area (Å²) >= 11 is 1.24. The smallest absolute Gasteiger partial charge is 0.149 e. The summed E-state index contributed by atoms with van der Waals surface area (Å²) in [5.74, 6) is 5.30. The van der Waals surface area contributed by atoms with Crippen molar-refractivity contribution < 1.29 is 0 Å². The molecule has 0 aliphatic heterocycles. The third-order valence-electron chi connectivity index (χ3n) is 1.76. The maximum Gasteiger partial charge on any atom is 0.149 e. The zero-order chi connectivity index (χ0) is 9.97. The van der Waals surface area contributed by atoms with Crippen LogP contribution < -0.4 is 11.3 Å². The van der Waals surface area contributed by atoms with Crippen LogP contribution >= 0.6 is 11.5 Å². The van der Waals surface area contributed by atoms with Gasteiger partial charge in [-0.05, 0) is 12.5 Å². The fourth-order valence-corrected chi connectivity index (χ4v) is 1.61. The molecule has 0 saturated heterocycles. The number of hydrogen-bond acceptors (Lipinski definition) is 6. The van der Waals surface area contributed by atoms with E-state index in [0.29, 0.717) is 6.54 Å². The Morgan fingerprint density at radius 2 is 2.50 bits per heavy atom. The predicted molar refractivity (Wildman–Crippen MR) is 53.8 cm³/mol. The Bertz CT molecular complexity index is 419. The number of aryl methyl sites for hydroxylation is 1. The van der Waals surface area contributed by atoms with Gasteiger partial charge >= 0.3 is 0 Å². The molecule has 0 unspecified atom stereocenters. The van der Waals surface area contributed by atoms with Gasteiger partial charge in [0.2, 0.25) is 0 Å². The molecule has 0 amide bonds. The zero-order valence-electron chi connectivity index (χ0n) is 7.64. The number of aromatic nitrogens is 4. The number of hydrogen-bond donors (Lipinski definition) is 2. The van der Waals surface area contributed by atoms with Crippen molar-refractivity contribution in [3.8, 4) is 0 Å². The monoisotopic (exact) mass is 210 g/mol. The molecule has 6 nitrogen and oxygen atoms in total. The van der Waals surface area contributed by atoms with Gasteiger partial charge in [0.25, 0.3) is 0 Å². The lowest BCUT2D eigenvalue weighted by Gasteiger charge is -1.99. The van der Waals surface area contributed by atoms with Gasteiger partial charge in [-0.1, -0.05) is 4.49 Å². The number of hydrazine groups is 1. The molecule has 74 valence electrons. The Morgan fingerprint density at radius 3 is 3.14 bits per heavy atom. The van der Waals surface area contributed by atoms with Gasteiger partial charge in [-0.15, -0.1) is 5.10 Å². The van der Waals surface area contributed by atoms with Crippen LogP contribution in [0.3, 0.4) is 0 Å². The molecule has 2 aromatic rings. The van der Waals surface area contributed by atoms with Crippen molar-refractivity contribution in [1.29, 1.82) is 0 Å². The Hall–Kier alpha value is -1.47. The van der Waals surface area contributed by atoms with Crippen LogP contribution in [0.1, 0.15) is 11.3 Å². The van der Waals surface area contributed by atoms with E-state index in [0.717, 1.165) is 16.3 Å². The Labute approximate surface area is 84.9 Å². The van der Waals surface area contributed by atoms with E-state index in [1.54, 1.807) is 10.9 Å². The molecule has 0 aliphatic carbocycles. The first kappa shape index (κ1) is 9.10. The summed E-state index contributed by atoms with van der Waals surface area (Å²) in [6.07, 6.45) is 3.75. The molecule has 0 fully saturated rings. The van der Waals surface area contributed by atoms with E-state index < -0.39 is 0 Å². The van der Waals surface area contributed by atoms with E-state index in [2.05, 4.69) is 20.1 Å². The van der Waals surface area contributed by atoms with Gasteiger partial charge in [-0.3, -0.25) is 4.68 Å². The highest BCUT2D eigenvalue weighted by molar-refractivity contribution is 7.10. The lowest BCUT2D eigenvalue weighted by molar-refractivity contribution is 0.671. The molecule has 0 aromatic carbocycles. The highest BCUT2D eigenvalue weighted by Crippen LogP contribution is 2.16. The van der Waals surface area contributed by atoms with Crippen LogP contribution in [0.4, 0.5) is 5.00 Å². The molecule has 2 aromatic heterocycles. The van der Waals surface area contributed by atoms with Crippen LogP contribution in [0.25, 0.3) is 0 Å². The van der Waals surface area contributed by atoms with Crippen LogP contribution in [0.2, 0.25) is 0 Å². The maximum absolute atomic E-state index is 5.30. The van der Waals surface area contributed by atoms with E-state index in [-0.39, 0.29) is 0 Å². The molecular formula is C7H10N6S. The maximum atomic E-state index is 5.30. The third-order valence-corrected chi connectivity index (χ3v) is 2.46. The van der Waals surface area contributed by atoms with Crippen LogP contribution in [0.5, 0.6) is 0 Å². The van der Waals surface area contributed by atoms with E-state index in [1.165, 1.54) is 11.5 Å². The summed E-state index contributed by atoms with van der Waals surface area (Å²) in [6.45, 7) is 2.58. The van der Waals surface area contributed by atoms with Gasteiger partial charge < -0.3 is 5.43 Å². The Morgan fingerprint density at radius 1 is 1.64 bits per heavy atom. The summed E-state index contributed by atoms with van der Waals surface area (Å²) in [6, 6.07) is 0. The SMILES string of the molecule is Cc1cnn(Cc2nnsc2NN)c1. The zero-order valence-corrected chi connectivity index (χ0v) is 8.45. The predicted octanol–water partition coefficient (Wildman–Crippen LogP) is 0.377. The number of anilines is 1. The molecule has 0 saturated carbocycles. The lowest BCUT2D eigenvalue weighted by Crippen LogP contribution is -2.09. The normalized spacial score (nSPS) is 10.4. The van der Waals surface area contributed by atoms with Crippen molar-refractivity contribution in [3.05, 3.63) is 23.7 Å². The average molecular weight is 210 g/mol. The summed E-state index contributed by atoms with van der Waals surface area (Å²) in [5, 5.41) is 8.88. The second-order valence-electron chi connectivity index (χ2n) is 2.91. The fourth-order valence-electron chi connectivity index (χ4n) is 1.13. The fraction of sp³-hybridized carbons (Fsp3) is 0.286. The molecule has 0 spiro atoms. The van der Waals surface area contributed by atoms with E-state index >= 15 is 0 Å². The van der Waals surface area contributed by atoms with E-state index in [9.17, 15) is 0 Å². The van der Waals surface area contributed by atoms with Crippen LogP contribution in [0.15, 0.2) is 12.4 Å². The Kier molecular flexibility index (Phi) is 2.42. The summed E-state index contributed by atoms with van der Waals surface area (Å²) in [5.41, 5.74) is 4.48. The Balaban J connectivity index is 2.18. The second-order valence-corrected chi connectivity index (χ2v) is 3.66. The van der Waals surface area contributed by atoms with Gasteiger partial charge in [-0.2, -0.15) is 5.10 Å². The van der Waals surface area contributed by atoms with Crippen molar-refractivity contribution in [2.24, 2.45) is 5.84 Å². The first-order valence-corrected chi connectivity index (χ1v) is 4.84. The number of nitrogens with two attached hydrogens (primary N) is 1. The highest BCUT2D eigenvalue weighted by atomic mass is 32.1. The molecule has 0 radical (unpaired) electrons. The van der Waals surface area contributed by atoms with Gasteiger partial charge in [0.15, 0.2) is 0 Å². The molecule has 0 atom stereocenters. The van der Waals surface area contributed by atoms with Crippen LogP contribution in [-0.2, 0) is 6.54 Å². The number of nitrogens with one attached hydrogen (secondary N) is 1. The molecular weight excluding hydrogens is 200 g/mol. The quantitative estimate of drug-likeness (QED) is 0.565. The van der Waals surface area contributed by atoms with Crippen LogP contribution in [0, 0.1) is 6.92 Å². The summed E-state index contributed by atoms with van der Waals surface area (Å²) < 4.78 is 5.60. The van der Waals surface area contributed by atoms with Crippen molar-refractivity contribution in [1.82, 2.24) is 19.4 Å². The number of nitrogen functional groups attached to an aromatic ring is 1. The standard InChI is InChI=1S/C7H10N6S/c1-5-2-9-13(3-5)4-6-7(10-8)14-12-11-6/h2-3,10H,4,8H2,1H3. The largest absolute Gasteiger partial charge is 0.313 e. The first-order valence-electron chi connectivity index (χ1n) is 4.06. The summed E-state index contributed by atoms with van der Waals surface area (Å²) in [4.78, 5) is 0. The molecule has 14 heavy (non-hydrogen) atoms. The van der Waals surface area contributed by atoms with Gasteiger partial charge in [0.1, 0.15) is 10.7 Å². The number of nitrogens with zero attached hydrogens (tertiary/aromatic N) is 4. The van der Waals surface area contributed by atoms with Crippen molar-refractivity contribution >= 4 is 16.5 Å². The number of rotatable bonds is 3. The molecule has 7 heteroatoms. The molecule has 3 N–H and O–H groups in total. The minimum atomic E-state index is 0.587. The third kappa shape index (κ3) is 1.73. The molecule has 2 rings (SSSR count).